The zero-order chi connectivity index (χ0) is 15.5. The molecule has 0 amide bonds. The van der Waals surface area contributed by atoms with Crippen LogP contribution in [-0.2, 0) is 0 Å². The lowest BCUT2D eigenvalue weighted by Gasteiger charge is -2.09. The minimum atomic E-state index is -0.243. The highest BCUT2D eigenvalue weighted by atomic mass is 127. The maximum atomic E-state index is 11.6. The fourth-order valence-electron chi connectivity index (χ4n) is 1.77. The van der Waals surface area contributed by atoms with Crippen LogP contribution in [0.15, 0.2) is 42.7 Å². The van der Waals surface area contributed by atoms with Crippen LogP contribution in [0.25, 0.3) is 5.82 Å². The van der Waals surface area contributed by atoms with Crippen molar-refractivity contribution in [1.82, 2.24) is 25.0 Å². The third-order valence-corrected chi connectivity index (χ3v) is 3.38. The summed E-state index contributed by atoms with van der Waals surface area (Å²) >= 11 is 7.48. The quantitative estimate of drug-likeness (QED) is 0.510. The lowest BCUT2D eigenvalue weighted by atomic mass is 10.3. The lowest BCUT2D eigenvalue weighted by Crippen LogP contribution is -2.06. The topological polar surface area (TPSA) is 85.6 Å². The van der Waals surface area contributed by atoms with E-state index in [2.05, 4.69) is 25.6 Å². The highest BCUT2D eigenvalue weighted by Gasteiger charge is 2.13. The largest absolute Gasteiger partial charge is 0.338 e. The molecule has 3 rings (SSSR count). The van der Waals surface area contributed by atoms with Crippen LogP contribution in [0.3, 0.4) is 0 Å². The van der Waals surface area contributed by atoms with Gasteiger partial charge in [0.1, 0.15) is 5.82 Å². The molecule has 3 aromatic heterocycles. The minimum Gasteiger partial charge on any atom is -0.338 e. The van der Waals surface area contributed by atoms with Gasteiger partial charge < -0.3 is 5.32 Å². The molecule has 0 saturated carbocycles. The molecule has 0 spiro atoms. The molecule has 0 unspecified atom stereocenters. The molecule has 110 valence electrons. The molecule has 3 heterocycles. The lowest BCUT2D eigenvalue weighted by molar-refractivity contribution is 0.110. The van der Waals surface area contributed by atoms with Crippen LogP contribution in [0.5, 0.6) is 0 Å². The van der Waals surface area contributed by atoms with Gasteiger partial charge in [-0.15, -0.1) is 10.2 Å². The normalized spacial score (nSPS) is 10.5. The minimum absolute atomic E-state index is 0.187. The first-order chi connectivity index (χ1) is 10.6. The third kappa shape index (κ3) is 3.22. The summed E-state index contributed by atoms with van der Waals surface area (Å²) in [6, 6.07) is 8.75. The molecule has 0 aliphatic rings. The number of rotatable bonds is 4. The van der Waals surface area contributed by atoms with Gasteiger partial charge in [0.2, 0.25) is 3.79 Å². The Morgan fingerprint density at radius 3 is 2.86 bits per heavy atom. The first kappa shape index (κ1) is 14.9. The Balaban J connectivity index is 1.95. The van der Waals surface area contributed by atoms with Crippen LogP contribution in [0.1, 0.15) is 10.5 Å². The molecule has 0 bridgehead atoms. The summed E-state index contributed by atoms with van der Waals surface area (Å²) in [5.41, 5.74) is 0.640. The molecular formula is C13H8ClIN6O. The van der Waals surface area contributed by atoms with Gasteiger partial charge in [-0.2, -0.15) is 5.10 Å². The van der Waals surface area contributed by atoms with Crippen molar-refractivity contribution in [2.24, 2.45) is 0 Å². The van der Waals surface area contributed by atoms with Crippen molar-refractivity contribution in [1.29, 1.82) is 0 Å². The van der Waals surface area contributed by atoms with E-state index >= 15 is 0 Å². The second-order valence-corrected chi connectivity index (χ2v) is 5.53. The van der Waals surface area contributed by atoms with Crippen molar-refractivity contribution in [3.8, 4) is 5.82 Å². The van der Waals surface area contributed by atoms with Crippen LogP contribution in [0.4, 0.5) is 11.5 Å². The van der Waals surface area contributed by atoms with Crippen molar-refractivity contribution < 1.29 is 4.79 Å². The second kappa shape index (κ2) is 6.36. The van der Waals surface area contributed by atoms with Crippen molar-refractivity contribution in [2.45, 2.75) is 0 Å². The maximum Gasteiger partial charge on any atom is 0.244 e. The summed E-state index contributed by atoms with van der Waals surface area (Å²) < 4.78 is 1.39. The van der Waals surface area contributed by atoms with Crippen molar-refractivity contribution in [3.05, 3.63) is 53.6 Å². The number of halogens is 2. The smallest absolute Gasteiger partial charge is 0.244 e. The fraction of sp³-hybridized carbons (Fsp3) is 0. The van der Waals surface area contributed by atoms with Crippen LogP contribution < -0.4 is 5.32 Å². The summed E-state index contributed by atoms with van der Waals surface area (Å²) in [7, 11) is 0. The molecule has 9 heteroatoms. The second-order valence-electron chi connectivity index (χ2n) is 4.16. The van der Waals surface area contributed by atoms with Crippen LogP contribution in [0.2, 0.25) is 5.15 Å². The zero-order valence-electron chi connectivity index (χ0n) is 10.9. The number of hydrogen-bond acceptors (Lipinski definition) is 6. The summed E-state index contributed by atoms with van der Waals surface area (Å²) in [4.78, 5) is 16.0. The molecule has 22 heavy (non-hydrogen) atoms. The molecule has 0 atom stereocenters. The Kier molecular flexibility index (Phi) is 4.29. The number of anilines is 2. The van der Waals surface area contributed by atoms with Gasteiger partial charge in [-0.3, -0.25) is 4.79 Å². The number of nitrogens with zero attached hydrogens (tertiary/aromatic N) is 5. The van der Waals surface area contributed by atoms with Crippen LogP contribution in [-0.4, -0.2) is 28.8 Å². The Morgan fingerprint density at radius 2 is 2.14 bits per heavy atom. The van der Waals surface area contributed by atoms with Crippen molar-refractivity contribution in [3.63, 3.8) is 0 Å². The van der Waals surface area contributed by atoms with E-state index in [9.17, 15) is 4.79 Å². The van der Waals surface area contributed by atoms with Gasteiger partial charge in [-0.1, -0.05) is 17.7 Å². The highest BCUT2D eigenvalue weighted by molar-refractivity contribution is 14.1. The molecular weight excluding hydrogens is 419 g/mol. The zero-order valence-corrected chi connectivity index (χ0v) is 13.9. The fourth-order valence-corrected chi connectivity index (χ4v) is 2.32. The molecule has 0 aliphatic heterocycles. The summed E-state index contributed by atoms with van der Waals surface area (Å²) in [6.07, 6.45) is 3.46. The average molecular weight is 427 g/mol. The third-order valence-electron chi connectivity index (χ3n) is 2.69. The van der Waals surface area contributed by atoms with Crippen LogP contribution in [0, 0.1) is 0 Å². The van der Waals surface area contributed by atoms with Gasteiger partial charge in [0.15, 0.2) is 16.7 Å². The van der Waals surface area contributed by atoms with E-state index in [4.69, 9.17) is 11.6 Å². The SMILES string of the molecule is O=C(I)c1nnc(Cl)cc1Nc1cccc(-n2cccn2)n1. The Morgan fingerprint density at radius 1 is 1.27 bits per heavy atom. The standard InChI is InChI=1S/C13H8ClIN6O/c14-9-7-8(12(13(15)22)20-19-9)17-10-3-1-4-11(18-10)21-6-2-5-16-21/h1-7H,(H,17,18,19). The molecule has 7 nitrogen and oxygen atoms in total. The van der Waals surface area contributed by atoms with Gasteiger partial charge in [0.05, 0.1) is 5.69 Å². The predicted octanol–water partition coefficient (Wildman–Crippen LogP) is 3.03. The molecule has 0 aromatic carbocycles. The molecule has 0 radical (unpaired) electrons. The maximum absolute atomic E-state index is 11.6. The molecule has 0 fully saturated rings. The van der Waals surface area contributed by atoms with Gasteiger partial charge >= 0.3 is 0 Å². The number of pyridine rings is 1. The molecule has 0 saturated heterocycles. The van der Waals surface area contributed by atoms with Gasteiger partial charge in [0, 0.05) is 41.1 Å². The van der Waals surface area contributed by atoms with Crippen molar-refractivity contribution >= 4 is 49.5 Å². The van der Waals surface area contributed by atoms with Gasteiger partial charge in [-0.05, 0) is 18.2 Å². The van der Waals surface area contributed by atoms with E-state index in [0.717, 1.165) is 0 Å². The van der Waals surface area contributed by atoms with E-state index < -0.39 is 0 Å². The predicted molar refractivity (Wildman–Crippen MR) is 90.0 cm³/mol. The number of hydrogen-bond donors (Lipinski definition) is 1. The number of aromatic nitrogens is 5. The van der Waals surface area contributed by atoms with E-state index in [1.54, 1.807) is 51.8 Å². The van der Waals surface area contributed by atoms with E-state index in [-0.39, 0.29) is 14.6 Å². The van der Waals surface area contributed by atoms with E-state index in [0.29, 0.717) is 17.3 Å². The summed E-state index contributed by atoms with van der Waals surface area (Å²) in [6.45, 7) is 0. The average Bonchev–Trinajstić information content (AvgIpc) is 3.01. The summed E-state index contributed by atoms with van der Waals surface area (Å²) in [5, 5.41) is 14.8. The Hall–Kier alpha value is -2.07. The summed E-state index contributed by atoms with van der Waals surface area (Å²) in [5.74, 6) is 1.18. The van der Waals surface area contributed by atoms with E-state index in [1.165, 1.54) is 6.07 Å². The monoisotopic (exact) mass is 426 g/mol. The molecule has 0 aliphatic carbocycles. The van der Waals surface area contributed by atoms with Gasteiger partial charge in [-0.25, -0.2) is 9.67 Å². The first-order valence-electron chi connectivity index (χ1n) is 6.10. The van der Waals surface area contributed by atoms with Crippen molar-refractivity contribution in [2.75, 3.05) is 5.32 Å². The number of carbonyl (C=O) groups is 1. The highest BCUT2D eigenvalue weighted by Crippen LogP contribution is 2.23. The van der Waals surface area contributed by atoms with Gasteiger partial charge in [0.25, 0.3) is 0 Å². The number of carbonyl (C=O) groups excluding carboxylic acids is 1. The molecule has 3 aromatic rings. The Labute approximate surface area is 143 Å². The Bertz CT molecular complexity index is 823. The van der Waals surface area contributed by atoms with Crippen LogP contribution >= 0.6 is 34.2 Å². The first-order valence-corrected chi connectivity index (χ1v) is 7.56. The molecule has 1 N–H and O–H groups in total. The number of nitrogens with one attached hydrogen (secondary N) is 1. The van der Waals surface area contributed by atoms with E-state index in [1.807, 2.05) is 12.1 Å².